The van der Waals surface area contributed by atoms with Gasteiger partial charge in [-0.1, -0.05) is 54.1 Å². The molecular weight excluding hydrogens is 398 g/mol. The summed E-state index contributed by atoms with van der Waals surface area (Å²) in [5.41, 5.74) is 0.997. The van der Waals surface area contributed by atoms with Gasteiger partial charge in [0.25, 0.3) is 5.69 Å². The van der Waals surface area contributed by atoms with Gasteiger partial charge in [-0.3, -0.25) is 20.2 Å². The Labute approximate surface area is 171 Å². The van der Waals surface area contributed by atoms with E-state index in [0.29, 0.717) is 5.69 Å². The van der Waals surface area contributed by atoms with Crippen LogP contribution in [0.4, 0.5) is 11.4 Å². The van der Waals surface area contributed by atoms with E-state index in [-0.39, 0.29) is 15.8 Å². The number of hydrogen-bond acceptors (Lipinski definition) is 4. The van der Waals surface area contributed by atoms with Gasteiger partial charge in [-0.2, -0.15) is 0 Å². The molecule has 0 radical (unpaired) electrons. The second-order valence-corrected chi connectivity index (χ2v) is 6.58. The summed E-state index contributed by atoms with van der Waals surface area (Å²) in [6.45, 7) is 0. The predicted octanol–water partition coefficient (Wildman–Crippen LogP) is 4.93. The van der Waals surface area contributed by atoms with E-state index in [1.165, 1.54) is 24.3 Å². The lowest BCUT2D eigenvalue weighted by Crippen LogP contribution is -2.32. The normalized spacial score (nSPS) is 10.8. The van der Waals surface area contributed by atoms with Crippen molar-refractivity contribution in [1.82, 2.24) is 5.32 Å². The van der Waals surface area contributed by atoms with Crippen LogP contribution in [0.15, 0.2) is 66.7 Å². The second-order valence-electron chi connectivity index (χ2n) is 5.77. The lowest BCUT2D eigenvalue weighted by molar-refractivity contribution is -0.384. The molecule has 0 saturated heterocycles. The first kappa shape index (κ1) is 19.5. The van der Waals surface area contributed by atoms with Crippen LogP contribution in [0.1, 0.15) is 5.56 Å². The fraction of sp³-hybridized carbons (Fsp3) is 0. The van der Waals surface area contributed by atoms with Gasteiger partial charge in [-0.15, -0.1) is 0 Å². The van der Waals surface area contributed by atoms with Crippen LogP contribution >= 0.6 is 23.8 Å². The molecule has 0 fully saturated rings. The van der Waals surface area contributed by atoms with Gasteiger partial charge in [0.2, 0.25) is 5.91 Å². The van der Waals surface area contributed by atoms with Crippen LogP contribution in [-0.2, 0) is 4.79 Å². The number of nitro groups is 1. The number of halogens is 1. The molecule has 0 saturated carbocycles. The summed E-state index contributed by atoms with van der Waals surface area (Å²) in [4.78, 5) is 22.5. The number of anilines is 1. The number of fused-ring (bicyclic) bond motifs is 1. The topological polar surface area (TPSA) is 84.3 Å². The molecule has 0 bridgehead atoms. The van der Waals surface area contributed by atoms with E-state index in [4.69, 9.17) is 23.8 Å². The van der Waals surface area contributed by atoms with E-state index in [1.54, 1.807) is 6.08 Å². The summed E-state index contributed by atoms with van der Waals surface area (Å²) >= 11 is 10.9. The molecule has 2 N–H and O–H groups in total. The fourth-order valence-electron chi connectivity index (χ4n) is 2.61. The van der Waals surface area contributed by atoms with Gasteiger partial charge in [0.15, 0.2) is 5.11 Å². The van der Waals surface area contributed by atoms with E-state index in [0.717, 1.165) is 16.3 Å². The minimum atomic E-state index is -0.595. The largest absolute Gasteiger partial charge is 0.332 e. The predicted molar refractivity (Wildman–Crippen MR) is 115 cm³/mol. The molecular formula is C20H14ClN3O3S. The summed E-state index contributed by atoms with van der Waals surface area (Å²) in [6.07, 6.45) is 3.08. The molecule has 0 spiro atoms. The number of nitrogens with zero attached hydrogens (tertiary/aromatic N) is 1. The summed E-state index contributed by atoms with van der Waals surface area (Å²) in [7, 11) is 0. The Hall–Kier alpha value is -3.29. The van der Waals surface area contributed by atoms with Crippen LogP contribution in [0.2, 0.25) is 5.02 Å². The van der Waals surface area contributed by atoms with Crippen molar-refractivity contribution in [3.63, 3.8) is 0 Å². The first-order valence-corrected chi connectivity index (χ1v) is 8.94. The van der Waals surface area contributed by atoms with Crippen molar-refractivity contribution in [1.29, 1.82) is 0 Å². The summed E-state index contributed by atoms with van der Waals surface area (Å²) in [5, 5.41) is 18.3. The molecule has 28 heavy (non-hydrogen) atoms. The average molecular weight is 412 g/mol. The molecule has 3 aromatic rings. The van der Waals surface area contributed by atoms with E-state index >= 15 is 0 Å². The van der Waals surface area contributed by atoms with E-state index in [1.807, 2.05) is 42.5 Å². The zero-order valence-corrected chi connectivity index (χ0v) is 16.0. The molecule has 6 nitrogen and oxygen atoms in total. The molecule has 3 rings (SSSR count). The average Bonchev–Trinajstić information content (AvgIpc) is 2.67. The quantitative estimate of drug-likeness (QED) is 0.275. The van der Waals surface area contributed by atoms with Gasteiger partial charge in [-0.05, 0) is 46.8 Å². The van der Waals surface area contributed by atoms with Gasteiger partial charge in [-0.25, -0.2) is 0 Å². The smallest absolute Gasteiger partial charge is 0.289 e. The zero-order valence-electron chi connectivity index (χ0n) is 14.4. The van der Waals surface area contributed by atoms with Crippen LogP contribution in [0.3, 0.4) is 0 Å². The van der Waals surface area contributed by atoms with Gasteiger partial charge in [0.05, 0.1) is 4.92 Å². The first-order chi connectivity index (χ1) is 13.4. The fourth-order valence-corrected chi connectivity index (χ4v) is 3.01. The highest BCUT2D eigenvalue weighted by molar-refractivity contribution is 7.80. The van der Waals surface area contributed by atoms with Crippen molar-refractivity contribution in [3.05, 3.63) is 87.4 Å². The maximum atomic E-state index is 12.1. The maximum absolute atomic E-state index is 12.1. The highest BCUT2D eigenvalue weighted by Gasteiger charge is 2.13. The molecule has 0 aliphatic carbocycles. The molecule has 0 aliphatic rings. The minimum absolute atomic E-state index is 0.0172. The Bertz CT molecular complexity index is 1110. The first-order valence-electron chi connectivity index (χ1n) is 8.16. The monoisotopic (exact) mass is 411 g/mol. The van der Waals surface area contributed by atoms with E-state index in [9.17, 15) is 14.9 Å². The molecule has 0 aliphatic heterocycles. The molecule has 0 aromatic heterocycles. The van der Waals surface area contributed by atoms with Crippen molar-refractivity contribution < 1.29 is 9.72 Å². The molecule has 8 heteroatoms. The third-order valence-electron chi connectivity index (χ3n) is 3.88. The minimum Gasteiger partial charge on any atom is -0.332 e. The Balaban J connectivity index is 1.66. The van der Waals surface area contributed by atoms with Gasteiger partial charge in [0.1, 0.15) is 5.02 Å². The zero-order chi connectivity index (χ0) is 20.1. The number of carbonyl (C=O) groups excluding carboxylic acids is 1. The standard InChI is InChI=1S/C20H14ClN3O3S/c21-17-10-9-15(12-18(17)24(26)27)22-20(28)23-19(25)11-8-14-6-3-5-13-4-1-2-7-16(13)14/h1-12H,(H2,22,23,25,28). The Kier molecular flexibility index (Phi) is 5.98. The van der Waals surface area contributed by atoms with E-state index in [2.05, 4.69) is 10.6 Å². The summed E-state index contributed by atoms with van der Waals surface area (Å²) < 4.78 is 0. The van der Waals surface area contributed by atoms with Crippen LogP contribution in [-0.4, -0.2) is 15.9 Å². The highest BCUT2D eigenvalue weighted by Crippen LogP contribution is 2.27. The summed E-state index contributed by atoms with van der Waals surface area (Å²) in [5.74, 6) is -0.422. The van der Waals surface area contributed by atoms with Crippen molar-refractivity contribution in [2.45, 2.75) is 0 Å². The van der Waals surface area contributed by atoms with Crippen LogP contribution in [0.5, 0.6) is 0 Å². The molecule has 0 atom stereocenters. The Morgan fingerprint density at radius 3 is 2.64 bits per heavy atom. The third-order valence-corrected chi connectivity index (χ3v) is 4.40. The van der Waals surface area contributed by atoms with E-state index < -0.39 is 10.8 Å². The number of carbonyl (C=O) groups is 1. The molecule has 140 valence electrons. The number of nitrogens with one attached hydrogen (secondary N) is 2. The molecule has 3 aromatic carbocycles. The number of amides is 1. The molecule has 1 amide bonds. The SMILES string of the molecule is O=C(C=Cc1cccc2ccccc12)NC(=S)Nc1ccc(Cl)c([N+](=O)[O-])c1. The van der Waals surface area contributed by atoms with Crippen LogP contribution in [0.25, 0.3) is 16.8 Å². The van der Waals surface area contributed by atoms with Gasteiger partial charge >= 0.3 is 0 Å². The molecule has 0 unspecified atom stereocenters. The van der Waals surface area contributed by atoms with Crippen molar-refractivity contribution in [3.8, 4) is 0 Å². The van der Waals surface area contributed by atoms with Crippen molar-refractivity contribution >= 4 is 63.1 Å². The number of hydrogen-bond donors (Lipinski definition) is 2. The van der Waals surface area contributed by atoms with Gasteiger partial charge < -0.3 is 5.32 Å². The van der Waals surface area contributed by atoms with Crippen molar-refractivity contribution in [2.75, 3.05) is 5.32 Å². The van der Waals surface area contributed by atoms with Crippen LogP contribution in [0, 0.1) is 10.1 Å². The lowest BCUT2D eigenvalue weighted by atomic mass is 10.0. The third kappa shape index (κ3) is 4.70. The number of rotatable bonds is 4. The molecule has 0 heterocycles. The van der Waals surface area contributed by atoms with Gasteiger partial charge in [0, 0.05) is 17.8 Å². The number of nitro benzene ring substituents is 1. The number of benzene rings is 3. The second kappa shape index (κ2) is 8.60. The summed E-state index contributed by atoms with van der Waals surface area (Å²) in [6, 6.07) is 17.8. The Morgan fingerprint density at radius 2 is 1.86 bits per heavy atom. The highest BCUT2D eigenvalue weighted by atomic mass is 35.5. The lowest BCUT2D eigenvalue weighted by Gasteiger charge is -2.08. The maximum Gasteiger partial charge on any atom is 0.289 e. The van der Waals surface area contributed by atoms with Crippen LogP contribution < -0.4 is 10.6 Å². The number of thiocarbonyl (C=S) groups is 1. The Morgan fingerprint density at radius 1 is 1.11 bits per heavy atom. The van der Waals surface area contributed by atoms with Crippen molar-refractivity contribution in [2.24, 2.45) is 0 Å².